The number of hydrogen-bond donors (Lipinski definition) is 4. The van der Waals surface area contributed by atoms with Crippen LogP contribution in [-0.2, 0) is 83.4 Å². The van der Waals surface area contributed by atoms with Crippen LogP contribution in [0.4, 0.5) is 0 Å². The van der Waals surface area contributed by atoms with Gasteiger partial charge in [-0.2, -0.15) is 20.4 Å². The first-order valence-corrected chi connectivity index (χ1v) is 52.9. The second-order valence-corrected chi connectivity index (χ2v) is 43.5. The van der Waals surface area contributed by atoms with Crippen LogP contribution in [0.5, 0.6) is 0 Å². The lowest BCUT2D eigenvalue weighted by atomic mass is 9.98. The zero-order valence-electron chi connectivity index (χ0n) is 90.3. The molecule has 16 rings (SSSR count). The van der Waals surface area contributed by atoms with Crippen molar-refractivity contribution in [2.24, 2.45) is 47.3 Å². The number of benzene rings is 4. The molecule has 0 bridgehead atoms. The molecule has 0 radical (unpaired) electrons. The molecular formula is C116H152N24O8. The Morgan fingerprint density at radius 3 is 0.723 bits per heavy atom. The molecule has 4 saturated heterocycles. The Morgan fingerprint density at radius 2 is 0.486 bits per heavy atom. The maximum atomic E-state index is 13.7. The van der Waals surface area contributed by atoms with Crippen molar-refractivity contribution in [2.75, 3.05) is 78.5 Å². The molecule has 784 valence electrons. The summed E-state index contributed by atoms with van der Waals surface area (Å²) in [7, 11) is 0. The number of nitrogens with one attached hydrogen (secondary N) is 4. The van der Waals surface area contributed by atoms with E-state index in [2.05, 4.69) is 241 Å². The second kappa shape index (κ2) is 52.4. The van der Waals surface area contributed by atoms with Crippen LogP contribution in [0, 0.1) is 47.3 Å². The summed E-state index contributed by atoms with van der Waals surface area (Å²) in [5.41, 5.74) is 19.9. The number of aromatic nitrogens is 16. The number of carbonyl (C=O) groups excluding carboxylic acids is 8. The van der Waals surface area contributed by atoms with Crippen molar-refractivity contribution in [1.82, 2.24) is 121 Å². The summed E-state index contributed by atoms with van der Waals surface area (Å²) in [6.07, 6.45) is 9.51. The minimum absolute atomic E-state index is 0.0182. The van der Waals surface area contributed by atoms with Crippen molar-refractivity contribution >= 4 is 47.3 Å². The molecule has 32 nitrogen and oxygen atoms in total. The van der Waals surface area contributed by atoms with E-state index in [4.69, 9.17) is 0 Å². The molecule has 32 heteroatoms. The van der Waals surface area contributed by atoms with E-state index in [9.17, 15) is 38.4 Å². The predicted octanol–water partition coefficient (Wildman–Crippen LogP) is 17.1. The number of carbonyl (C=O) groups is 8. The van der Waals surface area contributed by atoms with Gasteiger partial charge in [0.2, 0.25) is 23.6 Å². The van der Waals surface area contributed by atoms with Gasteiger partial charge in [-0.25, -0.2) is 0 Å². The molecule has 4 fully saturated rings. The van der Waals surface area contributed by atoms with Gasteiger partial charge in [-0.05, 0) is 205 Å². The topological polar surface area (TPSA) is 380 Å². The van der Waals surface area contributed by atoms with Crippen LogP contribution in [0.15, 0.2) is 170 Å². The molecule has 0 spiro atoms. The van der Waals surface area contributed by atoms with Crippen molar-refractivity contribution in [3.05, 3.63) is 260 Å². The Balaban J connectivity index is 0.000000165. The van der Waals surface area contributed by atoms with Gasteiger partial charge in [0.1, 0.15) is 45.6 Å². The summed E-state index contributed by atoms with van der Waals surface area (Å²) in [4.78, 5) is 118. The van der Waals surface area contributed by atoms with Crippen LogP contribution in [0.2, 0.25) is 0 Å². The molecule has 0 saturated carbocycles. The standard InChI is InChI=1S/C32H36N6O2.2C29H38N6O2.C26H40N6O2/c1-22(2)16-26-19-30(35-36-31(26)29-20-27(33-34-29)17-24-10-6-4-7-11-24)32(40)37-14-15-38(23(3)39)28(21-37)18-25-12-8-5-9-13-25;1-19(2)13-23-16-27(29(37)34-11-12-35(21(5)36)25(18-34)14-20(3)4)32-33-28(23)26-17-24(30-31-26)15-22-9-7-6-8-10-22;1-19(2)13-23-16-27(32-33-28(23)26-17-24(30-31-26)14-20(3)4)29(37)34-11-12-35(21(5)36)25(18-34)15-22-9-7-6-8-10-22;1-16(2)10-20-13-24(29-30-25(20)23-14-21(27-28-23)11-17(3)4)26(34)31-8-9-32(19(7)33)22(15-31)12-18(5)6/h4-13,19-20,22,28H,14-18,21H2,1-3H3,(H,33,34);2*6-10,16-17,19-20,25H,11-15,18H2,1-5H3,(H,30,31);13-14,16-18,22H,8-12,15H2,1-7H3,(H,27,28)/t28-;2*25-;22-/m0000/s1. The zero-order chi connectivity index (χ0) is 106. The number of aromatic amines is 4. The molecule has 8 aromatic heterocycles. The van der Waals surface area contributed by atoms with Gasteiger partial charge in [0.05, 0.1) is 12.1 Å². The normalized spacial score (nSPS) is 16.0. The molecule has 148 heavy (non-hydrogen) atoms. The van der Waals surface area contributed by atoms with Crippen LogP contribution in [-0.4, -0.2) is 271 Å². The summed E-state index contributed by atoms with van der Waals surface area (Å²) < 4.78 is 0. The van der Waals surface area contributed by atoms with Crippen LogP contribution in [0.1, 0.15) is 261 Å². The van der Waals surface area contributed by atoms with Gasteiger partial charge >= 0.3 is 0 Å². The van der Waals surface area contributed by atoms with Gasteiger partial charge in [-0.1, -0.05) is 232 Å². The fourth-order valence-electron chi connectivity index (χ4n) is 20.3. The number of nitrogens with zero attached hydrogens (tertiary/aromatic N) is 20. The van der Waals surface area contributed by atoms with Crippen LogP contribution < -0.4 is 0 Å². The largest absolute Gasteiger partial charge is 0.336 e. The first-order chi connectivity index (χ1) is 70.8. The van der Waals surface area contributed by atoms with Crippen molar-refractivity contribution in [2.45, 2.75) is 240 Å². The van der Waals surface area contributed by atoms with Crippen molar-refractivity contribution < 1.29 is 38.4 Å². The Bertz CT molecular complexity index is 6410. The maximum Gasteiger partial charge on any atom is 0.274 e. The van der Waals surface area contributed by atoms with Crippen molar-refractivity contribution in [1.29, 1.82) is 0 Å². The molecule has 12 aromatic rings. The van der Waals surface area contributed by atoms with Gasteiger partial charge in [0, 0.05) is 154 Å². The van der Waals surface area contributed by atoms with Crippen LogP contribution in [0.3, 0.4) is 0 Å². The lowest BCUT2D eigenvalue weighted by molar-refractivity contribution is -0.134. The van der Waals surface area contributed by atoms with E-state index in [0.29, 0.717) is 173 Å². The zero-order valence-corrected chi connectivity index (χ0v) is 90.3. The lowest BCUT2D eigenvalue weighted by Crippen LogP contribution is -2.57. The molecule has 4 aromatic carbocycles. The van der Waals surface area contributed by atoms with Gasteiger partial charge in [0.25, 0.3) is 23.6 Å². The average molecular weight is 2010 g/mol. The molecule has 4 aliphatic rings. The van der Waals surface area contributed by atoms with E-state index in [0.717, 1.165) is 155 Å². The average Bonchev–Trinajstić information content (AvgIpc) is 1.29. The highest BCUT2D eigenvalue weighted by molar-refractivity contribution is 5.95. The number of amides is 8. The summed E-state index contributed by atoms with van der Waals surface area (Å²) in [5.74, 6) is 3.07. The summed E-state index contributed by atoms with van der Waals surface area (Å²) in [6, 6.07) is 56.1. The number of hydrogen-bond acceptors (Lipinski definition) is 20. The Hall–Kier alpha value is -14.2. The van der Waals surface area contributed by atoms with E-state index < -0.39 is 0 Å². The van der Waals surface area contributed by atoms with Crippen molar-refractivity contribution in [3.63, 3.8) is 0 Å². The third-order valence-corrected chi connectivity index (χ3v) is 26.9. The summed E-state index contributed by atoms with van der Waals surface area (Å²) in [5, 5.41) is 65.9. The van der Waals surface area contributed by atoms with Gasteiger partial charge in [-0.15, -0.1) is 40.8 Å². The minimum atomic E-state index is -0.155. The maximum absolute atomic E-state index is 13.7. The monoisotopic (exact) mass is 2010 g/mol. The fraction of sp³-hybridized carbons (Fsp3) is 0.483. The Labute approximate surface area is 872 Å². The smallest absolute Gasteiger partial charge is 0.274 e. The van der Waals surface area contributed by atoms with E-state index >= 15 is 0 Å². The molecule has 0 aliphatic carbocycles. The number of rotatable bonds is 32. The van der Waals surface area contributed by atoms with Crippen molar-refractivity contribution in [3.8, 4) is 45.6 Å². The molecule has 4 aliphatic heterocycles. The summed E-state index contributed by atoms with van der Waals surface area (Å²) >= 11 is 0. The highest BCUT2D eigenvalue weighted by atomic mass is 16.2. The van der Waals surface area contributed by atoms with E-state index in [1.807, 2.05) is 161 Å². The third kappa shape index (κ3) is 31.0. The van der Waals surface area contributed by atoms with Gasteiger partial charge in [-0.3, -0.25) is 58.8 Å². The minimum Gasteiger partial charge on any atom is -0.336 e. The van der Waals surface area contributed by atoms with Crippen LogP contribution >= 0.6 is 0 Å². The number of H-pyrrole nitrogens is 4. The highest BCUT2D eigenvalue weighted by Crippen LogP contribution is 2.33. The van der Waals surface area contributed by atoms with Gasteiger partial charge < -0.3 is 39.2 Å². The predicted molar refractivity (Wildman–Crippen MR) is 576 cm³/mol. The highest BCUT2D eigenvalue weighted by Gasteiger charge is 2.39. The Kier molecular flexibility index (Phi) is 39.3. The quantitative estimate of drug-likeness (QED) is 0.0304. The first kappa shape index (κ1) is 111. The SMILES string of the molecule is CC(=O)N1CCN(C(=O)c2cc(CC(C)C)c(-c3cc(CC(C)C)[nH]n3)nn2)C[C@@H]1CC(C)C.CC(=O)N1CCN(C(=O)c2cc(CC(C)C)c(-c3cc(CC(C)C)[nH]n3)nn2)C[C@@H]1Cc1ccccc1.CC(=O)N1CCN(C(=O)c2cc(CC(C)C)c(-c3cc(Cc4ccccc4)[nH]n3)nn2)C[C@@H]1CC(C)C.CC(=O)N1CCN(C(=O)c2cc(CC(C)C)c(-c3cc(Cc4ccccc4)[nH]n3)nn2)C[C@@H]1Cc1ccccc1. The second-order valence-electron chi connectivity index (χ2n) is 43.5. The van der Waals surface area contributed by atoms with E-state index in [1.165, 1.54) is 11.1 Å². The molecule has 4 atom stereocenters. The third-order valence-electron chi connectivity index (χ3n) is 26.9. The van der Waals surface area contributed by atoms with E-state index in [1.54, 1.807) is 27.7 Å². The fourth-order valence-corrected chi connectivity index (χ4v) is 20.3. The molecule has 12 heterocycles. The molecule has 0 unspecified atom stereocenters. The summed E-state index contributed by atoms with van der Waals surface area (Å²) in [6.45, 7) is 46.9. The van der Waals surface area contributed by atoms with Gasteiger partial charge in [0.15, 0.2) is 22.8 Å². The molecular weight excluding hydrogens is 1860 g/mol. The first-order valence-electron chi connectivity index (χ1n) is 52.9. The molecule has 8 amide bonds. The van der Waals surface area contributed by atoms with E-state index in [-0.39, 0.29) is 71.4 Å². The number of piperazine rings is 4. The van der Waals surface area contributed by atoms with Crippen LogP contribution in [0.25, 0.3) is 45.6 Å². The Morgan fingerprint density at radius 1 is 0.264 bits per heavy atom. The molecule has 4 N–H and O–H groups in total. The lowest BCUT2D eigenvalue weighted by Gasteiger charge is -2.41.